The highest BCUT2D eigenvalue weighted by Crippen LogP contribution is 2.34. The second-order valence-electron chi connectivity index (χ2n) is 5.73. The van der Waals surface area contributed by atoms with Crippen LogP contribution in [-0.2, 0) is 4.79 Å². The second kappa shape index (κ2) is 5.66. The minimum absolute atomic E-state index is 0.229. The first-order chi connectivity index (χ1) is 9.24. The van der Waals surface area contributed by atoms with Gasteiger partial charge in [0.1, 0.15) is 0 Å². The standard InChI is InChI=1S/C16H20BrNO/c17-14-10-16(19)18(11-14)15-8-6-13(7-9-15)12-4-2-1-3-5-12/h6-9,12,14H,1-5,10-11H2. The van der Waals surface area contributed by atoms with E-state index in [1.54, 1.807) is 0 Å². The number of hydrogen-bond acceptors (Lipinski definition) is 1. The summed E-state index contributed by atoms with van der Waals surface area (Å²) in [7, 11) is 0. The Kier molecular flexibility index (Phi) is 3.92. The van der Waals surface area contributed by atoms with Gasteiger partial charge in [0.25, 0.3) is 0 Å². The molecule has 3 heteroatoms. The third-order valence-electron chi connectivity index (χ3n) is 4.36. The largest absolute Gasteiger partial charge is 0.311 e. The molecule has 1 aliphatic carbocycles. The molecule has 2 aliphatic rings. The molecule has 1 aromatic carbocycles. The van der Waals surface area contributed by atoms with Crippen LogP contribution in [0.3, 0.4) is 0 Å². The molecule has 1 unspecified atom stereocenters. The number of alkyl halides is 1. The van der Waals surface area contributed by atoms with E-state index in [2.05, 4.69) is 40.2 Å². The van der Waals surface area contributed by atoms with Crippen molar-refractivity contribution < 1.29 is 4.79 Å². The molecule has 19 heavy (non-hydrogen) atoms. The van der Waals surface area contributed by atoms with Gasteiger partial charge in [0, 0.05) is 23.5 Å². The number of anilines is 1. The van der Waals surface area contributed by atoms with E-state index < -0.39 is 0 Å². The SMILES string of the molecule is O=C1CC(Br)CN1c1ccc(C2CCCCC2)cc1. The average molecular weight is 322 g/mol. The number of benzene rings is 1. The van der Waals surface area contributed by atoms with Crippen LogP contribution < -0.4 is 4.90 Å². The smallest absolute Gasteiger partial charge is 0.228 e. The van der Waals surface area contributed by atoms with Crippen molar-refractivity contribution in [2.24, 2.45) is 0 Å². The van der Waals surface area contributed by atoms with E-state index in [0.717, 1.165) is 18.2 Å². The monoisotopic (exact) mass is 321 g/mol. The van der Waals surface area contributed by atoms with E-state index in [0.29, 0.717) is 11.2 Å². The van der Waals surface area contributed by atoms with Crippen molar-refractivity contribution in [2.75, 3.05) is 11.4 Å². The Hall–Kier alpha value is -0.830. The number of carbonyl (C=O) groups is 1. The van der Waals surface area contributed by atoms with Crippen molar-refractivity contribution in [3.8, 4) is 0 Å². The molecule has 1 aromatic rings. The molecule has 0 bridgehead atoms. The van der Waals surface area contributed by atoms with Gasteiger partial charge < -0.3 is 4.90 Å². The van der Waals surface area contributed by atoms with E-state index in [-0.39, 0.29) is 5.91 Å². The topological polar surface area (TPSA) is 20.3 Å². The molecular weight excluding hydrogens is 302 g/mol. The van der Waals surface area contributed by atoms with Crippen LogP contribution in [0.4, 0.5) is 5.69 Å². The molecule has 0 spiro atoms. The predicted octanol–water partition coefficient (Wildman–Crippen LogP) is 4.23. The quantitative estimate of drug-likeness (QED) is 0.746. The molecule has 0 radical (unpaired) electrons. The summed E-state index contributed by atoms with van der Waals surface area (Å²) >= 11 is 3.53. The van der Waals surface area contributed by atoms with E-state index in [9.17, 15) is 4.79 Å². The molecule has 0 N–H and O–H groups in total. The Bertz CT molecular complexity index is 450. The minimum atomic E-state index is 0.229. The Morgan fingerprint density at radius 3 is 2.32 bits per heavy atom. The molecule has 1 amide bonds. The predicted molar refractivity (Wildman–Crippen MR) is 82.0 cm³/mol. The third kappa shape index (κ3) is 2.86. The lowest BCUT2D eigenvalue weighted by atomic mass is 9.84. The molecule has 1 saturated carbocycles. The molecule has 1 aliphatic heterocycles. The Morgan fingerprint density at radius 2 is 1.74 bits per heavy atom. The third-order valence-corrected chi connectivity index (χ3v) is 4.97. The van der Waals surface area contributed by atoms with Crippen LogP contribution in [0.1, 0.15) is 50.0 Å². The van der Waals surface area contributed by atoms with Crippen LogP contribution >= 0.6 is 15.9 Å². The summed E-state index contributed by atoms with van der Waals surface area (Å²) in [5.41, 5.74) is 2.50. The maximum Gasteiger partial charge on any atom is 0.228 e. The molecular formula is C16H20BrNO. The summed E-state index contributed by atoms with van der Waals surface area (Å²) in [5.74, 6) is 0.966. The Labute approximate surface area is 123 Å². The van der Waals surface area contributed by atoms with Crippen molar-refractivity contribution in [1.29, 1.82) is 0 Å². The Morgan fingerprint density at radius 1 is 1.05 bits per heavy atom. The highest BCUT2D eigenvalue weighted by Gasteiger charge is 2.28. The minimum Gasteiger partial charge on any atom is -0.311 e. The number of rotatable bonds is 2. The van der Waals surface area contributed by atoms with E-state index >= 15 is 0 Å². The molecule has 1 saturated heterocycles. The normalized spacial score (nSPS) is 25.0. The first kappa shape index (κ1) is 13.2. The van der Waals surface area contributed by atoms with Gasteiger partial charge in [0.15, 0.2) is 0 Å². The summed E-state index contributed by atoms with van der Waals surface area (Å²) in [6, 6.07) is 8.68. The van der Waals surface area contributed by atoms with Crippen molar-refractivity contribution >= 4 is 27.5 Å². The van der Waals surface area contributed by atoms with Crippen LogP contribution in [0.2, 0.25) is 0 Å². The van der Waals surface area contributed by atoms with Gasteiger partial charge in [0.2, 0.25) is 5.91 Å². The van der Waals surface area contributed by atoms with Crippen LogP contribution in [0.25, 0.3) is 0 Å². The number of hydrogen-bond donors (Lipinski definition) is 0. The zero-order valence-electron chi connectivity index (χ0n) is 11.1. The van der Waals surface area contributed by atoms with Gasteiger partial charge in [-0.1, -0.05) is 47.3 Å². The lowest BCUT2D eigenvalue weighted by Crippen LogP contribution is -2.24. The lowest BCUT2D eigenvalue weighted by Gasteiger charge is -2.23. The van der Waals surface area contributed by atoms with Gasteiger partial charge in [-0.15, -0.1) is 0 Å². The van der Waals surface area contributed by atoms with Crippen molar-refractivity contribution in [1.82, 2.24) is 0 Å². The molecule has 102 valence electrons. The van der Waals surface area contributed by atoms with Gasteiger partial charge >= 0.3 is 0 Å². The van der Waals surface area contributed by atoms with E-state index in [4.69, 9.17) is 0 Å². The second-order valence-corrected chi connectivity index (χ2v) is 7.03. The molecule has 2 fully saturated rings. The summed E-state index contributed by atoms with van der Waals surface area (Å²) in [6.45, 7) is 0.793. The average Bonchev–Trinajstić information content (AvgIpc) is 2.79. The van der Waals surface area contributed by atoms with Gasteiger partial charge in [-0.2, -0.15) is 0 Å². The molecule has 0 aromatic heterocycles. The van der Waals surface area contributed by atoms with E-state index in [1.807, 2.05) is 4.90 Å². The van der Waals surface area contributed by atoms with Crippen LogP contribution in [0.5, 0.6) is 0 Å². The highest BCUT2D eigenvalue weighted by atomic mass is 79.9. The number of nitrogens with zero attached hydrogens (tertiary/aromatic N) is 1. The first-order valence-corrected chi connectivity index (χ1v) is 8.20. The lowest BCUT2D eigenvalue weighted by molar-refractivity contribution is -0.117. The highest BCUT2D eigenvalue weighted by molar-refractivity contribution is 9.09. The maximum atomic E-state index is 11.9. The number of carbonyl (C=O) groups excluding carboxylic acids is 1. The fraction of sp³-hybridized carbons (Fsp3) is 0.562. The summed E-state index contributed by atoms with van der Waals surface area (Å²) in [5, 5.41) is 0. The molecule has 2 nitrogen and oxygen atoms in total. The van der Waals surface area contributed by atoms with Crippen LogP contribution in [0, 0.1) is 0 Å². The fourth-order valence-corrected chi connectivity index (χ4v) is 3.84. The number of amides is 1. The van der Waals surface area contributed by atoms with E-state index in [1.165, 1.54) is 37.7 Å². The van der Waals surface area contributed by atoms with Gasteiger partial charge in [-0.05, 0) is 36.5 Å². The maximum absolute atomic E-state index is 11.9. The van der Waals surface area contributed by atoms with Crippen molar-refractivity contribution in [2.45, 2.75) is 49.3 Å². The Balaban J connectivity index is 1.73. The molecule has 1 heterocycles. The summed E-state index contributed by atoms with van der Waals surface area (Å²) < 4.78 is 0. The zero-order chi connectivity index (χ0) is 13.2. The van der Waals surface area contributed by atoms with Gasteiger partial charge in [0.05, 0.1) is 0 Å². The van der Waals surface area contributed by atoms with Gasteiger partial charge in [-0.25, -0.2) is 0 Å². The van der Waals surface area contributed by atoms with Gasteiger partial charge in [-0.3, -0.25) is 4.79 Å². The summed E-state index contributed by atoms with van der Waals surface area (Å²) in [4.78, 5) is 14.1. The van der Waals surface area contributed by atoms with Crippen LogP contribution in [-0.4, -0.2) is 17.3 Å². The summed E-state index contributed by atoms with van der Waals surface area (Å²) in [6.07, 6.45) is 7.38. The fourth-order valence-electron chi connectivity index (χ4n) is 3.28. The first-order valence-electron chi connectivity index (χ1n) is 7.28. The van der Waals surface area contributed by atoms with Crippen LogP contribution in [0.15, 0.2) is 24.3 Å². The molecule has 3 rings (SSSR count). The van der Waals surface area contributed by atoms with Crippen molar-refractivity contribution in [3.63, 3.8) is 0 Å². The molecule has 1 atom stereocenters. The number of halogens is 1. The van der Waals surface area contributed by atoms with Crippen molar-refractivity contribution in [3.05, 3.63) is 29.8 Å². The zero-order valence-corrected chi connectivity index (χ0v) is 12.7.